The Bertz CT molecular complexity index is 1190. The summed E-state index contributed by atoms with van der Waals surface area (Å²) in [5, 5.41) is 10.2. The van der Waals surface area contributed by atoms with Crippen molar-refractivity contribution in [1.29, 1.82) is 5.26 Å². The molecule has 1 atom stereocenters. The van der Waals surface area contributed by atoms with Crippen molar-refractivity contribution in [3.05, 3.63) is 86.4 Å². The summed E-state index contributed by atoms with van der Waals surface area (Å²) < 4.78 is 11.0. The second kappa shape index (κ2) is 8.46. The molecule has 1 aliphatic heterocycles. The zero-order valence-corrected chi connectivity index (χ0v) is 17.7. The number of rotatable bonds is 3. The summed E-state index contributed by atoms with van der Waals surface area (Å²) in [6, 6.07) is 13.1. The molecule has 1 unspecified atom stereocenters. The summed E-state index contributed by atoms with van der Waals surface area (Å²) >= 11 is 11.8. The number of Topliss-reactive ketones (excluding diaryl/α,β-unsaturated/α-hetero) is 1. The highest BCUT2D eigenvalue weighted by Gasteiger charge is 2.37. The van der Waals surface area contributed by atoms with E-state index in [1.54, 1.807) is 24.3 Å². The Morgan fingerprint density at radius 3 is 2.55 bits per heavy atom. The third-order valence-electron chi connectivity index (χ3n) is 5.18. The van der Waals surface area contributed by atoms with Gasteiger partial charge in [-0.15, -0.1) is 0 Å². The van der Waals surface area contributed by atoms with Gasteiger partial charge in [0.2, 0.25) is 5.88 Å². The van der Waals surface area contributed by atoms with Gasteiger partial charge in [-0.25, -0.2) is 4.79 Å². The van der Waals surface area contributed by atoms with E-state index in [4.69, 9.17) is 38.4 Å². The van der Waals surface area contributed by atoms with Crippen molar-refractivity contribution in [2.45, 2.75) is 25.2 Å². The number of esters is 1. The minimum Gasteiger partial charge on any atom is -0.444 e. The topological polar surface area (TPSA) is 102 Å². The number of benzene rings is 2. The average Bonchev–Trinajstić information content (AvgIpc) is 2.75. The van der Waals surface area contributed by atoms with E-state index in [9.17, 15) is 14.9 Å². The van der Waals surface area contributed by atoms with E-state index in [1.165, 1.54) is 18.2 Å². The smallest absolute Gasteiger partial charge is 0.343 e. The molecular formula is C23H16Cl2N2O4. The van der Waals surface area contributed by atoms with Gasteiger partial charge in [0, 0.05) is 18.4 Å². The maximum absolute atomic E-state index is 12.6. The van der Waals surface area contributed by atoms with Gasteiger partial charge in [-0.05, 0) is 42.3 Å². The van der Waals surface area contributed by atoms with Crippen LogP contribution < -0.4 is 10.5 Å². The lowest BCUT2D eigenvalue weighted by Crippen LogP contribution is -2.27. The molecule has 0 fully saturated rings. The Labute approximate surface area is 188 Å². The summed E-state index contributed by atoms with van der Waals surface area (Å²) in [7, 11) is 0. The fourth-order valence-electron chi connectivity index (χ4n) is 3.71. The first-order valence-corrected chi connectivity index (χ1v) is 10.3. The van der Waals surface area contributed by atoms with Crippen molar-refractivity contribution in [2.24, 2.45) is 5.73 Å². The van der Waals surface area contributed by atoms with Crippen LogP contribution in [0.5, 0.6) is 5.75 Å². The third kappa shape index (κ3) is 4.02. The predicted octanol–water partition coefficient (Wildman–Crippen LogP) is 5.03. The van der Waals surface area contributed by atoms with Crippen LogP contribution in [0.2, 0.25) is 10.0 Å². The quantitative estimate of drug-likeness (QED) is 0.515. The second-order valence-corrected chi connectivity index (χ2v) is 7.94. The lowest BCUT2D eigenvalue weighted by atomic mass is 9.77. The molecule has 0 aromatic heterocycles. The van der Waals surface area contributed by atoms with Gasteiger partial charge in [-0.3, -0.25) is 4.79 Å². The zero-order valence-electron chi connectivity index (χ0n) is 16.2. The number of nitrogens with zero attached hydrogens (tertiary/aromatic N) is 1. The predicted molar refractivity (Wildman–Crippen MR) is 114 cm³/mol. The first kappa shape index (κ1) is 21.0. The van der Waals surface area contributed by atoms with E-state index < -0.39 is 11.9 Å². The van der Waals surface area contributed by atoms with Gasteiger partial charge in [-0.1, -0.05) is 35.3 Å². The number of hydrogen-bond acceptors (Lipinski definition) is 6. The number of halogens is 2. The van der Waals surface area contributed by atoms with E-state index in [0.717, 1.165) is 0 Å². The van der Waals surface area contributed by atoms with Crippen LogP contribution >= 0.6 is 23.2 Å². The second-order valence-electron chi connectivity index (χ2n) is 7.13. The molecule has 0 spiro atoms. The van der Waals surface area contributed by atoms with Crippen LogP contribution in [0.4, 0.5) is 0 Å². The number of nitriles is 1. The average molecular weight is 455 g/mol. The largest absolute Gasteiger partial charge is 0.444 e. The Hall–Kier alpha value is -3.27. The molecule has 0 bridgehead atoms. The minimum atomic E-state index is -0.610. The minimum absolute atomic E-state index is 0.0103. The lowest BCUT2D eigenvalue weighted by Gasteiger charge is -2.31. The van der Waals surface area contributed by atoms with Gasteiger partial charge >= 0.3 is 5.97 Å². The monoisotopic (exact) mass is 454 g/mol. The van der Waals surface area contributed by atoms with Crippen LogP contribution in [-0.4, -0.2) is 11.8 Å². The Kier molecular flexibility index (Phi) is 5.73. The number of allylic oxidation sites excluding steroid dienone is 3. The van der Waals surface area contributed by atoms with Gasteiger partial charge < -0.3 is 15.2 Å². The third-order valence-corrected chi connectivity index (χ3v) is 5.92. The Morgan fingerprint density at radius 1 is 1.13 bits per heavy atom. The zero-order chi connectivity index (χ0) is 22.1. The molecular weight excluding hydrogens is 439 g/mol. The van der Waals surface area contributed by atoms with Crippen LogP contribution in [0, 0.1) is 11.3 Å². The van der Waals surface area contributed by atoms with Crippen molar-refractivity contribution in [3.8, 4) is 11.8 Å². The summed E-state index contributed by atoms with van der Waals surface area (Å²) in [4.78, 5) is 25.0. The first-order chi connectivity index (χ1) is 14.9. The highest BCUT2D eigenvalue weighted by molar-refractivity contribution is 6.42. The normalized spacial score (nSPS) is 18.2. The van der Waals surface area contributed by atoms with Crippen LogP contribution in [0.15, 0.2) is 65.3 Å². The SMILES string of the molecule is N#CC1=C(N)OC2=C(C(=O)CCC2)C1c1ccc(OC(=O)c2ccc(Cl)c(Cl)c2)cc1. The number of nitrogens with two attached hydrogens (primary N) is 1. The summed E-state index contributed by atoms with van der Waals surface area (Å²) in [5.41, 5.74) is 7.55. The number of carbonyl (C=O) groups is 2. The van der Waals surface area contributed by atoms with E-state index >= 15 is 0 Å². The maximum Gasteiger partial charge on any atom is 0.343 e. The molecule has 0 radical (unpaired) electrons. The van der Waals surface area contributed by atoms with Gasteiger partial charge in [0.25, 0.3) is 0 Å². The van der Waals surface area contributed by atoms with E-state index in [0.29, 0.717) is 46.9 Å². The van der Waals surface area contributed by atoms with Gasteiger partial charge in [-0.2, -0.15) is 5.26 Å². The molecule has 2 aromatic rings. The molecule has 1 heterocycles. The maximum atomic E-state index is 12.6. The molecule has 1 aliphatic carbocycles. The fraction of sp³-hybridized carbons (Fsp3) is 0.174. The van der Waals surface area contributed by atoms with Gasteiger partial charge in [0.1, 0.15) is 23.2 Å². The van der Waals surface area contributed by atoms with Crippen molar-refractivity contribution in [3.63, 3.8) is 0 Å². The number of ether oxygens (including phenoxy) is 2. The molecule has 156 valence electrons. The van der Waals surface area contributed by atoms with E-state index in [2.05, 4.69) is 6.07 Å². The molecule has 0 amide bonds. The van der Waals surface area contributed by atoms with Crippen molar-refractivity contribution >= 4 is 35.0 Å². The molecule has 0 saturated carbocycles. The summed E-state index contributed by atoms with van der Waals surface area (Å²) in [6.07, 6.45) is 1.68. The Balaban J connectivity index is 1.62. The standard InChI is InChI=1S/C23H16Cl2N2O4/c24-16-9-6-13(10-17(16)25)23(29)30-14-7-4-12(5-8-14)20-15(11-26)22(27)31-19-3-1-2-18(28)21(19)20/h4-10,20H,1-3,27H2. The van der Waals surface area contributed by atoms with E-state index in [-0.39, 0.29) is 27.8 Å². The summed E-state index contributed by atoms with van der Waals surface area (Å²) in [5.74, 6) is -0.426. The van der Waals surface area contributed by atoms with Crippen LogP contribution in [0.1, 0.15) is 41.1 Å². The lowest BCUT2D eigenvalue weighted by molar-refractivity contribution is -0.116. The van der Waals surface area contributed by atoms with Crippen molar-refractivity contribution < 1.29 is 19.1 Å². The number of carbonyl (C=O) groups excluding carboxylic acids is 2. The highest BCUT2D eigenvalue weighted by atomic mass is 35.5. The van der Waals surface area contributed by atoms with Crippen LogP contribution in [-0.2, 0) is 9.53 Å². The Morgan fingerprint density at radius 2 is 1.87 bits per heavy atom. The summed E-state index contributed by atoms with van der Waals surface area (Å²) in [6.45, 7) is 0. The highest BCUT2D eigenvalue weighted by Crippen LogP contribution is 2.43. The molecule has 0 saturated heterocycles. The number of ketones is 1. The molecule has 8 heteroatoms. The van der Waals surface area contributed by atoms with Crippen LogP contribution in [0.25, 0.3) is 0 Å². The van der Waals surface area contributed by atoms with Gasteiger partial charge in [0.05, 0.1) is 21.5 Å². The first-order valence-electron chi connectivity index (χ1n) is 9.50. The molecule has 2 N–H and O–H groups in total. The molecule has 2 aliphatic rings. The van der Waals surface area contributed by atoms with Crippen molar-refractivity contribution in [2.75, 3.05) is 0 Å². The molecule has 31 heavy (non-hydrogen) atoms. The van der Waals surface area contributed by atoms with Crippen LogP contribution in [0.3, 0.4) is 0 Å². The van der Waals surface area contributed by atoms with Crippen molar-refractivity contribution in [1.82, 2.24) is 0 Å². The fourth-order valence-corrected chi connectivity index (χ4v) is 4.01. The van der Waals surface area contributed by atoms with Gasteiger partial charge in [0.15, 0.2) is 5.78 Å². The van der Waals surface area contributed by atoms with E-state index in [1.807, 2.05) is 0 Å². The molecule has 6 nitrogen and oxygen atoms in total. The molecule has 2 aromatic carbocycles. The molecule has 4 rings (SSSR count). The number of hydrogen-bond donors (Lipinski definition) is 1.